The highest BCUT2D eigenvalue weighted by Crippen LogP contribution is 2.30. The zero-order valence-corrected chi connectivity index (χ0v) is 16.2. The fraction of sp³-hybridized carbons (Fsp3) is 0.500. The predicted octanol–water partition coefficient (Wildman–Crippen LogP) is 2.96. The largest absolute Gasteiger partial charge is 0.493 e. The normalized spacial score (nSPS) is 12.0. The Morgan fingerprint density at radius 1 is 1.27 bits per heavy atom. The Hall–Kier alpha value is -2.77. The van der Waals surface area contributed by atoms with E-state index in [1.54, 1.807) is 14.2 Å². The average molecular weight is 361 g/mol. The molecule has 0 aliphatic heterocycles. The fourth-order valence-electron chi connectivity index (χ4n) is 2.13. The van der Waals surface area contributed by atoms with Crippen molar-refractivity contribution in [2.24, 2.45) is 4.99 Å². The monoisotopic (exact) mass is 361 g/mol. The second kappa shape index (κ2) is 8.55. The van der Waals surface area contributed by atoms with E-state index in [0.29, 0.717) is 42.3 Å². The molecule has 0 unspecified atom stereocenters. The number of hydrogen-bond donors (Lipinski definition) is 2. The lowest BCUT2D eigenvalue weighted by Crippen LogP contribution is -2.30. The number of anilines is 1. The minimum Gasteiger partial charge on any atom is -0.493 e. The third-order valence-corrected chi connectivity index (χ3v) is 3.47. The van der Waals surface area contributed by atoms with Gasteiger partial charge in [0.05, 0.1) is 20.3 Å². The Morgan fingerprint density at radius 2 is 2.04 bits per heavy atom. The molecule has 1 heterocycles. The average Bonchev–Trinajstić information content (AvgIpc) is 3.08. The van der Waals surface area contributed by atoms with E-state index >= 15 is 0 Å². The SMILES string of the molecule is CCOc1cc(NC(=NC)NCc2noc(C(C)(C)C)n2)ccc1OC. The van der Waals surface area contributed by atoms with Gasteiger partial charge in [-0.1, -0.05) is 25.9 Å². The number of benzene rings is 1. The van der Waals surface area contributed by atoms with Crippen LogP contribution in [0.2, 0.25) is 0 Å². The van der Waals surface area contributed by atoms with Gasteiger partial charge in [0, 0.05) is 24.2 Å². The first-order chi connectivity index (χ1) is 12.4. The van der Waals surface area contributed by atoms with Crippen molar-refractivity contribution in [3.8, 4) is 11.5 Å². The van der Waals surface area contributed by atoms with E-state index < -0.39 is 0 Å². The van der Waals surface area contributed by atoms with Crippen molar-refractivity contribution in [3.63, 3.8) is 0 Å². The number of guanidine groups is 1. The summed E-state index contributed by atoms with van der Waals surface area (Å²) in [4.78, 5) is 8.60. The predicted molar refractivity (Wildman–Crippen MR) is 101 cm³/mol. The van der Waals surface area contributed by atoms with Crippen molar-refractivity contribution in [2.45, 2.75) is 39.7 Å². The highest BCUT2D eigenvalue weighted by molar-refractivity contribution is 5.93. The number of aromatic nitrogens is 2. The molecule has 0 saturated carbocycles. The first kappa shape index (κ1) is 19.6. The number of ether oxygens (including phenoxy) is 2. The number of rotatable bonds is 6. The summed E-state index contributed by atoms with van der Waals surface area (Å²) in [6, 6.07) is 5.59. The van der Waals surface area contributed by atoms with Crippen LogP contribution in [0.5, 0.6) is 11.5 Å². The molecule has 0 fully saturated rings. The molecule has 0 spiro atoms. The van der Waals surface area contributed by atoms with Crippen LogP contribution < -0.4 is 20.1 Å². The molecule has 1 aromatic heterocycles. The van der Waals surface area contributed by atoms with Gasteiger partial charge in [-0.2, -0.15) is 4.98 Å². The summed E-state index contributed by atoms with van der Waals surface area (Å²) in [6.45, 7) is 8.96. The highest BCUT2D eigenvalue weighted by Gasteiger charge is 2.21. The van der Waals surface area contributed by atoms with Gasteiger partial charge in [-0.25, -0.2) is 0 Å². The molecule has 0 saturated heterocycles. The van der Waals surface area contributed by atoms with Crippen LogP contribution in [0.15, 0.2) is 27.7 Å². The highest BCUT2D eigenvalue weighted by atomic mass is 16.5. The zero-order valence-electron chi connectivity index (χ0n) is 16.2. The molecule has 0 radical (unpaired) electrons. The molecule has 0 bridgehead atoms. The number of hydrogen-bond acceptors (Lipinski definition) is 6. The zero-order chi connectivity index (χ0) is 19.2. The fourth-order valence-corrected chi connectivity index (χ4v) is 2.13. The molecule has 8 heteroatoms. The molecule has 1 aromatic carbocycles. The van der Waals surface area contributed by atoms with Crippen LogP contribution in [0.1, 0.15) is 39.4 Å². The standard InChI is InChI=1S/C18H27N5O3/c1-7-25-14-10-12(8-9-13(14)24-6)21-17(19-5)20-11-15-22-16(26-23-15)18(2,3)4/h8-10H,7,11H2,1-6H3,(H2,19,20,21). The molecular weight excluding hydrogens is 334 g/mol. The quantitative estimate of drug-likeness (QED) is 0.603. The summed E-state index contributed by atoms with van der Waals surface area (Å²) in [7, 11) is 3.31. The van der Waals surface area contributed by atoms with E-state index in [1.165, 1.54) is 0 Å². The van der Waals surface area contributed by atoms with Gasteiger partial charge >= 0.3 is 0 Å². The molecule has 2 N–H and O–H groups in total. The van der Waals surface area contributed by atoms with Crippen LogP contribution in [0.4, 0.5) is 5.69 Å². The van der Waals surface area contributed by atoms with Gasteiger partial charge in [0.2, 0.25) is 5.89 Å². The maximum atomic E-state index is 5.59. The summed E-state index contributed by atoms with van der Waals surface area (Å²) < 4.78 is 16.2. The van der Waals surface area contributed by atoms with Crippen LogP contribution in [0.3, 0.4) is 0 Å². The molecule has 2 rings (SSSR count). The van der Waals surface area contributed by atoms with Gasteiger partial charge in [0.15, 0.2) is 23.3 Å². The van der Waals surface area contributed by atoms with E-state index in [1.807, 2.05) is 45.9 Å². The van der Waals surface area contributed by atoms with Crippen molar-refractivity contribution in [2.75, 3.05) is 26.1 Å². The van der Waals surface area contributed by atoms with Gasteiger partial charge in [-0.3, -0.25) is 4.99 Å². The second-order valence-electron chi connectivity index (χ2n) is 6.62. The lowest BCUT2D eigenvalue weighted by atomic mass is 9.97. The first-order valence-electron chi connectivity index (χ1n) is 8.49. The van der Waals surface area contributed by atoms with Gasteiger partial charge in [0.1, 0.15) is 0 Å². The molecule has 8 nitrogen and oxygen atoms in total. The molecule has 2 aromatic rings. The molecular formula is C18H27N5O3. The van der Waals surface area contributed by atoms with Crippen molar-refractivity contribution in [3.05, 3.63) is 29.9 Å². The Bertz CT molecular complexity index is 750. The van der Waals surface area contributed by atoms with Crippen LogP contribution >= 0.6 is 0 Å². The lowest BCUT2D eigenvalue weighted by Gasteiger charge is -2.14. The molecule has 0 amide bonds. The molecule has 142 valence electrons. The van der Waals surface area contributed by atoms with Crippen LogP contribution in [-0.2, 0) is 12.0 Å². The smallest absolute Gasteiger partial charge is 0.232 e. The summed E-state index contributed by atoms with van der Waals surface area (Å²) in [5.41, 5.74) is 0.648. The maximum absolute atomic E-state index is 5.59. The van der Waals surface area contributed by atoms with E-state index in [4.69, 9.17) is 14.0 Å². The number of nitrogens with zero attached hydrogens (tertiary/aromatic N) is 3. The summed E-state index contributed by atoms with van der Waals surface area (Å²) >= 11 is 0. The van der Waals surface area contributed by atoms with Crippen LogP contribution in [-0.4, -0.2) is 36.9 Å². The first-order valence-corrected chi connectivity index (χ1v) is 8.49. The Morgan fingerprint density at radius 3 is 2.62 bits per heavy atom. The second-order valence-corrected chi connectivity index (χ2v) is 6.62. The van der Waals surface area contributed by atoms with E-state index in [0.717, 1.165) is 5.69 Å². The van der Waals surface area contributed by atoms with Crippen molar-refractivity contribution >= 4 is 11.6 Å². The lowest BCUT2D eigenvalue weighted by molar-refractivity contribution is 0.311. The topological polar surface area (TPSA) is 93.8 Å². The molecule has 0 atom stereocenters. The maximum Gasteiger partial charge on any atom is 0.232 e. The Labute approximate surface area is 154 Å². The molecule has 0 aliphatic rings. The van der Waals surface area contributed by atoms with Crippen molar-refractivity contribution in [1.82, 2.24) is 15.5 Å². The van der Waals surface area contributed by atoms with Crippen LogP contribution in [0.25, 0.3) is 0 Å². The Balaban J connectivity index is 2.01. The summed E-state index contributed by atoms with van der Waals surface area (Å²) in [5, 5.41) is 10.4. The van der Waals surface area contributed by atoms with E-state index in [-0.39, 0.29) is 5.41 Å². The van der Waals surface area contributed by atoms with Crippen LogP contribution in [0, 0.1) is 0 Å². The number of aliphatic imine (C=N–C) groups is 1. The van der Waals surface area contributed by atoms with E-state index in [9.17, 15) is 0 Å². The van der Waals surface area contributed by atoms with Crippen molar-refractivity contribution < 1.29 is 14.0 Å². The number of methoxy groups -OCH3 is 1. The van der Waals surface area contributed by atoms with Gasteiger partial charge in [-0.15, -0.1) is 0 Å². The van der Waals surface area contributed by atoms with Gasteiger partial charge in [0.25, 0.3) is 0 Å². The minimum absolute atomic E-state index is 0.177. The Kier molecular flexibility index (Phi) is 6.43. The molecule has 0 aliphatic carbocycles. The van der Waals surface area contributed by atoms with Gasteiger partial charge < -0.3 is 24.6 Å². The number of nitrogens with one attached hydrogen (secondary N) is 2. The minimum atomic E-state index is -0.177. The van der Waals surface area contributed by atoms with E-state index in [2.05, 4.69) is 25.8 Å². The molecule has 26 heavy (non-hydrogen) atoms. The summed E-state index contributed by atoms with van der Waals surface area (Å²) in [5.74, 6) is 3.11. The third kappa shape index (κ3) is 5.11. The van der Waals surface area contributed by atoms with Gasteiger partial charge in [-0.05, 0) is 19.1 Å². The third-order valence-electron chi connectivity index (χ3n) is 3.47. The van der Waals surface area contributed by atoms with Crippen molar-refractivity contribution in [1.29, 1.82) is 0 Å². The summed E-state index contributed by atoms with van der Waals surface area (Å²) in [6.07, 6.45) is 0.